The fraction of sp³-hybridized carbons (Fsp3) is 0.900. The van der Waals surface area contributed by atoms with E-state index in [2.05, 4.69) is 21.6 Å². The van der Waals surface area contributed by atoms with Gasteiger partial charge in [-0.3, -0.25) is 0 Å². The van der Waals surface area contributed by atoms with E-state index in [0.717, 1.165) is 51.4 Å². The van der Waals surface area contributed by atoms with Crippen LogP contribution in [0.5, 0.6) is 0 Å². The minimum Gasteiger partial charge on any atom is -0.215 e. The zero-order valence-electron chi connectivity index (χ0n) is 18.4. The van der Waals surface area contributed by atoms with Crippen LogP contribution in [0.4, 0.5) is 0 Å². The van der Waals surface area contributed by atoms with Crippen LogP contribution in [0.3, 0.4) is 0 Å². The molecule has 0 saturated heterocycles. The van der Waals surface area contributed by atoms with Crippen molar-refractivity contribution in [1.29, 1.82) is 10.5 Å². The van der Waals surface area contributed by atoms with Crippen LogP contribution < -0.4 is 9.44 Å². The Kier molecular flexibility index (Phi) is 15.8. The maximum atomic E-state index is 12.4. The Labute approximate surface area is 183 Å². The number of nitrogens with zero attached hydrogens (tertiary/aromatic N) is 2. The van der Waals surface area contributed by atoms with Crippen LogP contribution in [0.1, 0.15) is 90.9 Å². The van der Waals surface area contributed by atoms with Gasteiger partial charge >= 0.3 is 0 Å². The second-order valence-electron chi connectivity index (χ2n) is 7.64. The van der Waals surface area contributed by atoms with E-state index in [1.807, 2.05) is 0 Å². The number of nitrogens with one attached hydrogen (secondary N) is 2. The van der Waals surface area contributed by atoms with E-state index >= 15 is 0 Å². The highest BCUT2D eigenvalue weighted by Gasteiger charge is 2.34. The molecule has 0 aromatic carbocycles. The van der Waals surface area contributed by atoms with E-state index in [-0.39, 0.29) is 13.1 Å². The van der Waals surface area contributed by atoms with Gasteiger partial charge in [0, 0.05) is 25.9 Å². The third kappa shape index (κ3) is 13.2. The van der Waals surface area contributed by atoms with Crippen molar-refractivity contribution in [1.82, 2.24) is 9.44 Å². The van der Waals surface area contributed by atoms with Gasteiger partial charge in [0.2, 0.25) is 20.0 Å². The SMILES string of the molecule is CC(C(C)S(=O)(=O)NCCCCCCCC#N)S(=O)(=O)NCCCCCCCC#N. The molecule has 0 rings (SSSR count). The molecular weight excluding hydrogens is 424 g/mol. The van der Waals surface area contributed by atoms with E-state index < -0.39 is 30.5 Å². The van der Waals surface area contributed by atoms with Crippen molar-refractivity contribution < 1.29 is 16.8 Å². The summed E-state index contributed by atoms with van der Waals surface area (Å²) in [5, 5.41) is 14.8. The maximum absolute atomic E-state index is 12.4. The number of hydrogen-bond donors (Lipinski definition) is 2. The summed E-state index contributed by atoms with van der Waals surface area (Å²) in [4.78, 5) is 0. The number of hydrogen-bond acceptors (Lipinski definition) is 6. The molecular formula is C20H38N4O4S2. The molecule has 2 N–H and O–H groups in total. The molecule has 0 saturated carbocycles. The average Bonchev–Trinajstić information content (AvgIpc) is 2.70. The zero-order valence-corrected chi connectivity index (χ0v) is 20.0. The Morgan fingerprint density at radius 2 is 0.900 bits per heavy atom. The Morgan fingerprint density at radius 1 is 0.600 bits per heavy atom. The Morgan fingerprint density at radius 3 is 1.23 bits per heavy atom. The summed E-state index contributed by atoms with van der Waals surface area (Å²) in [6, 6.07) is 4.19. The largest absolute Gasteiger partial charge is 0.215 e. The topological polar surface area (TPSA) is 140 Å². The highest BCUT2D eigenvalue weighted by Crippen LogP contribution is 2.13. The molecule has 2 unspecified atom stereocenters. The van der Waals surface area contributed by atoms with Gasteiger partial charge in [0.05, 0.1) is 22.6 Å². The lowest BCUT2D eigenvalue weighted by atomic mass is 10.1. The third-order valence-electron chi connectivity index (χ3n) is 5.18. The van der Waals surface area contributed by atoms with E-state index in [1.54, 1.807) is 0 Å². The van der Waals surface area contributed by atoms with Crippen LogP contribution in [-0.4, -0.2) is 40.4 Å². The average molecular weight is 463 g/mol. The van der Waals surface area contributed by atoms with E-state index in [1.165, 1.54) is 13.8 Å². The van der Waals surface area contributed by atoms with E-state index in [4.69, 9.17) is 10.5 Å². The van der Waals surface area contributed by atoms with Crippen molar-refractivity contribution in [3.63, 3.8) is 0 Å². The van der Waals surface area contributed by atoms with Crippen molar-refractivity contribution in [3.05, 3.63) is 0 Å². The first-order valence-corrected chi connectivity index (χ1v) is 14.0. The highest BCUT2D eigenvalue weighted by molar-refractivity contribution is 7.94. The molecule has 2 atom stereocenters. The quantitative estimate of drug-likeness (QED) is 0.282. The van der Waals surface area contributed by atoms with Gasteiger partial charge in [0.25, 0.3) is 0 Å². The molecule has 174 valence electrons. The summed E-state index contributed by atoms with van der Waals surface area (Å²) < 4.78 is 54.8. The van der Waals surface area contributed by atoms with Crippen molar-refractivity contribution in [2.24, 2.45) is 0 Å². The second kappa shape index (κ2) is 16.5. The van der Waals surface area contributed by atoms with Crippen molar-refractivity contribution in [2.75, 3.05) is 13.1 Å². The van der Waals surface area contributed by atoms with Crippen molar-refractivity contribution in [3.8, 4) is 12.1 Å². The van der Waals surface area contributed by atoms with Crippen LogP contribution >= 0.6 is 0 Å². The van der Waals surface area contributed by atoms with Gasteiger partial charge in [-0.25, -0.2) is 26.3 Å². The van der Waals surface area contributed by atoms with Crippen molar-refractivity contribution >= 4 is 20.0 Å². The van der Waals surface area contributed by atoms with Crippen LogP contribution in [0.25, 0.3) is 0 Å². The molecule has 0 aliphatic carbocycles. The lowest BCUT2D eigenvalue weighted by molar-refractivity contribution is 0.538. The van der Waals surface area contributed by atoms with Gasteiger partial charge in [0.15, 0.2) is 0 Å². The highest BCUT2D eigenvalue weighted by atomic mass is 32.2. The van der Waals surface area contributed by atoms with Gasteiger partial charge in [-0.05, 0) is 39.5 Å². The number of nitriles is 2. The van der Waals surface area contributed by atoms with Gasteiger partial charge < -0.3 is 0 Å². The summed E-state index contributed by atoms with van der Waals surface area (Å²) in [6.45, 7) is 3.42. The molecule has 0 fully saturated rings. The normalized spacial score (nSPS) is 14.0. The van der Waals surface area contributed by atoms with Crippen LogP contribution in [0.2, 0.25) is 0 Å². The fourth-order valence-electron chi connectivity index (χ4n) is 2.92. The Bertz CT molecular complexity index is 676. The number of sulfonamides is 2. The molecule has 0 spiro atoms. The molecule has 0 bridgehead atoms. The monoisotopic (exact) mass is 462 g/mol. The van der Waals surface area contributed by atoms with E-state index in [0.29, 0.717) is 25.7 Å². The minimum atomic E-state index is -3.73. The first-order chi connectivity index (χ1) is 14.2. The molecule has 8 nitrogen and oxygen atoms in total. The van der Waals surface area contributed by atoms with Crippen molar-refractivity contribution in [2.45, 2.75) is 101 Å². The summed E-state index contributed by atoms with van der Waals surface area (Å²) in [5.74, 6) is 0. The molecule has 0 radical (unpaired) electrons. The zero-order chi connectivity index (χ0) is 22.9. The fourth-order valence-corrected chi connectivity index (χ4v) is 6.19. The van der Waals surface area contributed by atoms with E-state index in [9.17, 15) is 16.8 Å². The Hall–Kier alpha value is -1.20. The predicted molar refractivity (Wildman–Crippen MR) is 119 cm³/mol. The summed E-state index contributed by atoms with van der Waals surface area (Å²) >= 11 is 0. The van der Waals surface area contributed by atoms with Crippen LogP contribution in [0, 0.1) is 22.7 Å². The Balaban J connectivity index is 4.21. The summed E-state index contributed by atoms with van der Waals surface area (Å²) in [5.41, 5.74) is 0. The molecule has 0 aliphatic rings. The molecule has 0 heterocycles. The first kappa shape index (κ1) is 28.8. The predicted octanol–water partition coefficient (Wildman–Crippen LogP) is 3.33. The van der Waals surface area contributed by atoms with Crippen LogP contribution in [0.15, 0.2) is 0 Å². The van der Waals surface area contributed by atoms with Crippen LogP contribution in [-0.2, 0) is 20.0 Å². The van der Waals surface area contributed by atoms with Gasteiger partial charge in [0.1, 0.15) is 0 Å². The maximum Gasteiger partial charge on any atom is 0.215 e. The lowest BCUT2D eigenvalue weighted by Gasteiger charge is -2.21. The molecule has 0 aromatic rings. The van der Waals surface area contributed by atoms with Gasteiger partial charge in [-0.15, -0.1) is 0 Å². The smallest absolute Gasteiger partial charge is 0.215 e. The molecule has 0 aromatic heterocycles. The standard InChI is InChI=1S/C20H38N4O4S2/c1-19(29(25,26)23-17-13-9-5-3-7-11-15-21)20(2)30(27,28)24-18-14-10-6-4-8-12-16-22/h19-20,23-24H,3-14,17-18H2,1-2H3. The summed E-state index contributed by atoms with van der Waals surface area (Å²) in [7, 11) is -7.46. The molecule has 0 amide bonds. The number of unbranched alkanes of at least 4 members (excludes halogenated alkanes) is 10. The second-order valence-corrected chi connectivity index (χ2v) is 11.9. The first-order valence-electron chi connectivity index (χ1n) is 10.9. The third-order valence-corrected chi connectivity index (χ3v) is 9.34. The number of rotatable bonds is 19. The molecule has 10 heteroatoms. The van der Waals surface area contributed by atoms with Gasteiger partial charge in [-0.1, -0.05) is 38.5 Å². The summed E-state index contributed by atoms with van der Waals surface area (Å²) in [6.07, 6.45) is 9.75. The minimum absolute atomic E-state index is 0.289. The van der Waals surface area contributed by atoms with Gasteiger partial charge in [-0.2, -0.15) is 10.5 Å². The molecule has 0 aliphatic heterocycles. The molecule has 30 heavy (non-hydrogen) atoms. The lowest BCUT2D eigenvalue weighted by Crippen LogP contribution is -2.46.